The van der Waals surface area contributed by atoms with Crippen LogP contribution in [0, 0.1) is 0 Å². The average Bonchev–Trinajstić information content (AvgIpc) is 3.23. The normalized spacial score (nSPS) is 14.6. The van der Waals surface area contributed by atoms with E-state index in [9.17, 15) is 4.79 Å². The number of anilines is 1. The zero-order valence-corrected chi connectivity index (χ0v) is 16.5. The first kappa shape index (κ1) is 19.0. The van der Waals surface area contributed by atoms with E-state index in [0.29, 0.717) is 12.4 Å². The Bertz CT molecular complexity index is 949. The van der Waals surface area contributed by atoms with Gasteiger partial charge in [-0.3, -0.25) is 9.78 Å². The zero-order valence-electron chi connectivity index (χ0n) is 16.5. The van der Waals surface area contributed by atoms with Crippen molar-refractivity contribution in [1.82, 2.24) is 19.9 Å². The Morgan fingerprint density at radius 2 is 1.97 bits per heavy atom. The van der Waals surface area contributed by atoms with E-state index in [1.54, 1.807) is 13.3 Å². The molecule has 0 bridgehead atoms. The van der Waals surface area contributed by atoms with Crippen LogP contribution in [-0.4, -0.2) is 46.7 Å². The van der Waals surface area contributed by atoms with Crippen LogP contribution < -0.4 is 15.0 Å². The number of aromatic nitrogens is 3. The van der Waals surface area contributed by atoms with Crippen molar-refractivity contribution in [2.24, 2.45) is 0 Å². The molecule has 0 unspecified atom stereocenters. The number of methoxy groups -OCH3 is 1. The summed E-state index contributed by atoms with van der Waals surface area (Å²) in [6.07, 6.45) is 8.94. The van der Waals surface area contributed by atoms with Gasteiger partial charge in [-0.25, -0.2) is 4.98 Å². The highest BCUT2D eigenvalue weighted by Crippen LogP contribution is 2.19. The predicted molar refractivity (Wildman–Crippen MR) is 111 cm³/mol. The van der Waals surface area contributed by atoms with Crippen LogP contribution in [-0.2, 0) is 6.54 Å². The summed E-state index contributed by atoms with van der Waals surface area (Å²) in [6.45, 7) is 2.39. The summed E-state index contributed by atoms with van der Waals surface area (Å²) >= 11 is 0. The third-order valence-electron chi connectivity index (χ3n) is 5.26. The number of carbonyl (C=O) groups excluding carboxylic acids is 1. The van der Waals surface area contributed by atoms with E-state index in [2.05, 4.69) is 20.2 Å². The van der Waals surface area contributed by atoms with Crippen molar-refractivity contribution >= 4 is 11.6 Å². The Hall–Kier alpha value is -3.35. The lowest BCUT2D eigenvalue weighted by Gasteiger charge is -2.33. The molecule has 0 radical (unpaired) electrons. The molecule has 7 nitrogen and oxygen atoms in total. The Morgan fingerprint density at radius 1 is 1.17 bits per heavy atom. The van der Waals surface area contributed by atoms with E-state index in [1.165, 1.54) is 5.69 Å². The number of piperidine rings is 1. The largest absolute Gasteiger partial charge is 0.497 e. The zero-order chi connectivity index (χ0) is 20.1. The minimum absolute atomic E-state index is 0.125. The molecule has 1 aromatic carbocycles. The molecular formula is C22H25N5O2. The van der Waals surface area contributed by atoms with Crippen molar-refractivity contribution in [3.05, 3.63) is 72.6 Å². The average molecular weight is 391 g/mol. The minimum Gasteiger partial charge on any atom is -0.497 e. The summed E-state index contributed by atoms with van der Waals surface area (Å²) in [4.78, 5) is 23.5. The number of carbonyl (C=O) groups is 1. The monoisotopic (exact) mass is 391 g/mol. The summed E-state index contributed by atoms with van der Waals surface area (Å²) in [5.41, 5.74) is 2.24. The van der Waals surface area contributed by atoms with Crippen LogP contribution in [0.15, 0.2) is 61.2 Å². The summed E-state index contributed by atoms with van der Waals surface area (Å²) in [7, 11) is 1.65. The number of amides is 1. The summed E-state index contributed by atoms with van der Waals surface area (Å²) in [5.74, 6) is 1.11. The second-order valence-electron chi connectivity index (χ2n) is 7.17. The first-order valence-electron chi connectivity index (χ1n) is 9.83. The maximum atomic E-state index is 12.8. The number of hydrogen-bond donors (Lipinski definition) is 1. The number of nitrogens with zero attached hydrogens (tertiary/aromatic N) is 4. The number of hydrogen-bond acceptors (Lipinski definition) is 5. The Kier molecular flexibility index (Phi) is 5.74. The molecule has 1 aliphatic rings. The van der Waals surface area contributed by atoms with Crippen molar-refractivity contribution in [2.45, 2.75) is 25.4 Å². The fourth-order valence-electron chi connectivity index (χ4n) is 3.70. The molecule has 1 N–H and O–H groups in total. The van der Waals surface area contributed by atoms with Crippen LogP contribution in [0.2, 0.25) is 0 Å². The molecule has 3 heterocycles. The standard InChI is InChI=1S/C22H25N5O2/c1-29-20-4-2-3-17(15-20)16-27-14-11-24-21(27)22(28)25-18-7-12-26(13-8-18)19-5-9-23-10-6-19/h2-6,9-11,14-15,18H,7-8,12-13,16H2,1H3,(H,25,28). The van der Waals surface area contributed by atoms with Gasteiger partial charge in [-0.05, 0) is 42.7 Å². The molecule has 150 valence electrons. The predicted octanol–water partition coefficient (Wildman–Crippen LogP) is 2.73. The minimum atomic E-state index is -0.125. The first-order valence-corrected chi connectivity index (χ1v) is 9.83. The molecule has 0 saturated carbocycles. The molecule has 1 aliphatic heterocycles. The van der Waals surface area contributed by atoms with Gasteiger partial charge in [0, 0.05) is 56.2 Å². The van der Waals surface area contributed by atoms with Crippen molar-refractivity contribution in [3.8, 4) is 5.75 Å². The summed E-state index contributed by atoms with van der Waals surface area (Å²) < 4.78 is 7.15. The number of ether oxygens (including phenoxy) is 1. The number of benzene rings is 1. The second kappa shape index (κ2) is 8.77. The van der Waals surface area contributed by atoms with E-state index in [-0.39, 0.29) is 11.9 Å². The number of imidazole rings is 1. The molecule has 4 rings (SSSR count). The summed E-state index contributed by atoms with van der Waals surface area (Å²) in [6, 6.07) is 12.0. The van der Waals surface area contributed by atoms with Gasteiger partial charge < -0.3 is 19.5 Å². The van der Waals surface area contributed by atoms with Gasteiger partial charge in [0.15, 0.2) is 5.82 Å². The lowest BCUT2D eigenvalue weighted by Crippen LogP contribution is -2.45. The van der Waals surface area contributed by atoms with Crippen molar-refractivity contribution < 1.29 is 9.53 Å². The molecule has 0 spiro atoms. The maximum absolute atomic E-state index is 12.8. The molecule has 7 heteroatoms. The maximum Gasteiger partial charge on any atom is 0.287 e. The van der Waals surface area contributed by atoms with E-state index in [4.69, 9.17) is 4.74 Å². The fourth-order valence-corrected chi connectivity index (χ4v) is 3.70. The molecule has 2 aromatic heterocycles. The second-order valence-corrected chi connectivity index (χ2v) is 7.17. The molecule has 3 aromatic rings. The highest BCUT2D eigenvalue weighted by Gasteiger charge is 2.23. The van der Waals surface area contributed by atoms with Crippen LogP contribution in [0.3, 0.4) is 0 Å². The SMILES string of the molecule is COc1cccc(Cn2ccnc2C(=O)NC2CCN(c3ccncc3)CC2)c1. The molecule has 1 fully saturated rings. The Morgan fingerprint density at radius 3 is 2.72 bits per heavy atom. The molecule has 1 amide bonds. The van der Waals surface area contributed by atoms with Crippen molar-refractivity contribution in [1.29, 1.82) is 0 Å². The Balaban J connectivity index is 1.36. The van der Waals surface area contributed by atoms with E-state index in [0.717, 1.165) is 37.2 Å². The van der Waals surface area contributed by atoms with Gasteiger partial charge in [-0.15, -0.1) is 0 Å². The van der Waals surface area contributed by atoms with Gasteiger partial charge >= 0.3 is 0 Å². The highest BCUT2D eigenvalue weighted by molar-refractivity contribution is 5.91. The van der Waals surface area contributed by atoms with Gasteiger partial charge in [0.1, 0.15) is 5.75 Å². The van der Waals surface area contributed by atoms with Gasteiger partial charge in [0.25, 0.3) is 5.91 Å². The molecule has 0 aliphatic carbocycles. The lowest BCUT2D eigenvalue weighted by molar-refractivity contribution is 0.0916. The third-order valence-corrected chi connectivity index (χ3v) is 5.26. The van der Waals surface area contributed by atoms with Crippen LogP contribution in [0.25, 0.3) is 0 Å². The highest BCUT2D eigenvalue weighted by atomic mass is 16.5. The topological polar surface area (TPSA) is 72.3 Å². The molecule has 29 heavy (non-hydrogen) atoms. The van der Waals surface area contributed by atoms with E-state index < -0.39 is 0 Å². The van der Waals surface area contributed by atoms with Gasteiger partial charge in [-0.2, -0.15) is 0 Å². The quantitative estimate of drug-likeness (QED) is 0.700. The fraction of sp³-hybridized carbons (Fsp3) is 0.318. The van der Waals surface area contributed by atoms with Gasteiger partial charge in [0.2, 0.25) is 0 Å². The van der Waals surface area contributed by atoms with Crippen molar-refractivity contribution in [2.75, 3.05) is 25.1 Å². The van der Waals surface area contributed by atoms with Crippen molar-refractivity contribution in [3.63, 3.8) is 0 Å². The summed E-state index contributed by atoms with van der Waals surface area (Å²) in [5, 5.41) is 3.16. The van der Waals surface area contributed by atoms with Crippen LogP contribution in [0.4, 0.5) is 5.69 Å². The first-order chi connectivity index (χ1) is 14.2. The molecular weight excluding hydrogens is 366 g/mol. The van der Waals surface area contributed by atoms with Crippen LogP contribution >= 0.6 is 0 Å². The number of rotatable bonds is 6. The van der Waals surface area contributed by atoms with Gasteiger partial charge in [0.05, 0.1) is 7.11 Å². The lowest BCUT2D eigenvalue weighted by atomic mass is 10.0. The molecule has 0 atom stereocenters. The van der Waals surface area contributed by atoms with Crippen LogP contribution in [0.1, 0.15) is 29.0 Å². The smallest absolute Gasteiger partial charge is 0.287 e. The van der Waals surface area contributed by atoms with Crippen LogP contribution in [0.5, 0.6) is 5.75 Å². The molecule has 1 saturated heterocycles. The number of nitrogens with one attached hydrogen (secondary N) is 1. The van der Waals surface area contributed by atoms with E-state index in [1.807, 2.05) is 59.6 Å². The van der Waals surface area contributed by atoms with Gasteiger partial charge in [-0.1, -0.05) is 12.1 Å². The Labute approximate surface area is 170 Å². The van der Waals surface area contributed by atoms with E-state index >= 15 is 0 Å². The third kappa shape index (κ3) is 4.56. The number of pyridine rings is 1.